The molecule has 1 aliphatic heterocycles. The van der Waals surface area contributed by atoms with Gasteiger partial charge in [0.05, 0.1) is 19.3 Å². The van der Waals surface area contributed by atoms with Crippen LogP contribution in [0.25, 0.3) is 0 Å². The highest BCUT2D eigenvalue weighted by atomic mass is 16.5. The third kappa shape index (κ3) is 4.33. The fraction of sp³-hybridized carbons (Fsp3) is 0.533. The second-order valence-corrected chi connectivity index (χ2v) is 5.34. The lowest BCUT2D eigenvalue weighted by Crippen LogP contribution is -2.44. The molecule has 1 aromatic rings. The lowest BCUT2D eigenvalue weighted by atomic mass is 10.1. The highest BCUT2D eigenvalue weighted by Gasteiger charge is 2.18. The van der Waals surface area contributed by atoms with Crippen molar-refractivity contribution in [2.75, 3.05) is 31.6 Å². The first-order valence-electron chi connectivity index (χ1n) is 6.75. The van der Waals surface area contributed by atoms with E-state index < -0.39 is 0 Å². The van der Waals surface area contributed by atoms with Gasteiger partial charge in [0.25, 0.3) is 0 Å². The molecule has 1 aromatic carbocycles. The summed E-state index contributed by atoms with van der Waals surface area (Å²) in [7, 11) is 0. The van der Waals surface area contributed by atoms with Crippen molar-refractivity contribution in [3.05, 3.63) is 29.3 Å². The van der Waals surface area contributed by atoms with E-state index in [1.165, 1.54) is 0 Å². The largest absolute Gasteiger partial charge is 0.376 e. The highest BCUT2D eigenvalue weighted by molar-refractivity contribution is 5.92. The minimum atomic E-state index is 0.0408. The molecular weight excluding hydrogens is 240 g/mol. The molecule has 2 rings (SSSR count). The van der Waals surface area contributed by atoms with E-state index in [1.807, 2.05) is 32.9 Å². The zero-order valence-electron chi connectivity index (χ0n) is 11.9. The molecule has 0 bridgehead atoms. The SMILES string of the molecule is Cc1cc(C)cc(NC(=O)CN2CCOC(C)C2)c1. The normalized spacial score (nSPS) is 20.3. The Labute approximate surface area is 114 Å². The fourth-order valence-corrected chi connectivity index (χ4v) is 2.48. The van der Waals surface area contributed by atoms with Crippen molar-refractivity contribution in [1.82, 2.24) is 4.90 Å². The number of carbonyl (C=O) groups is 1. The van der Waals surface area contributed by atoms with Gasteiger partial charge in [-0.05, 0) is 44.0 Å². The maximum Gasteiger partial charge on any atom is 0.238 e. The number of nitrogens with one attached hydrogen (secondary N) is 1. The molecule has 1 atom stereocenters. The Hall–Kier alpha value is -1.39. The average molecular weight is 262 g/mol. The number of amides is 1. The maximum absolute atomic E-state index is 12.0. The number of ether oxygens (including phenoxy) is 1. The first-order chi connectivity index (χ1) is 9.02. The van der Waals surface area contributed by atoms with Gasteiger partial charge in [-0.1, -0.05) is 6.07 Å². The van der Waals surface area contributed by atoms with Crippen molar-refractivity contribution < 1.29 is 9.53 Å². The topological polar surface area (TPSA) is 41.6 Å². The van der Waals surface area contributed by atoms with Crippen LogP contribution in [0, 0.1) is 13.8 Å². The van der Waals surface area contributed by atoms with Crippen LogP contribution >= 0.6 is 0 Å². The van der Waals surface area contributed by atoms with E-state index in [9.17, 15) is 4.79 Å². The van der Waals surface area contributed by atoms with Gasteiger partial charge in [0.15, 0.2) is 0 Å². The fourth-order valence-electron chi connectivity index (χ4n) is 2.48. The van der Waals surface area contributed by atoms with Gasteiger partial charge in [-0.3, -0.25) is 9.69 Å². The molecule has 1 saturated heterocycles. The average Bonchev–Trinajstić information content (AvgIpc) is 2.26. The van der Waals surface area contributed by atoms with Crippen LogP contribution in [0.4, 0.5) is 5.69 Å². The third-order valence-corrected chi connectivity index (χ3v) is 3.20. The lowest BCUT2D eigenvalue weighted by Gasteiger charge is -2.30. The van der Waals surface area contributed by atoms with Crippen molar-refractivity contribution in [1.29, 1.82) is 0 Å². The van der Waals surface area contributed by atoms with Gasteiger partial charge in [0, 0.05) is 18.8 Å². The predicted molar refractivity (Wildman–Crippen MR) is 76.4 cm³/mol. The molecule has 4 heteroatoms. The van der Waals surface area contributed by atoms with Crippen LogP contribution in [0.15, 0.2) is 18.2 Å². The second kappa shape index (κ2) is 6.17. The number of nitrogens with zero attached hydrogens (tertiary/aromatic N) is 1. The lowest BCUT2D eigenvalue weighted by molar-refractivity contribution is -0.119. The summed E-state index contributed by atoms with van der Waals surface area (Å²) in [5.41, 5.74) is 3.20. The maximum atomic E-state index is 12.0. The van der Waals surface area contributed by atoms with E-state index in [2.05, 4.69) is 16.3 Å². The van der Waals surface area contributed by atoms with Crippen LogP contribution in [-0.2, 0) is 9.53 Å². The number of benzene rings is 1. The zero-order chi connectivity index (χ0) is 13.8. The molecule has 1 fully saturated rings. The Balaban J connectivity index is 1.90. The van der Waals surface area contributed by atoms with Crippen molar-refractivity contribution in [3.63, 3.8) is 0 Å². The van der Waals surface area contributed by atoms with Crippen molar-refractivity contribution in [2.45, 2.75) is 26.9 Å². The van der Waals surface area contributed by atoms with Crippen molar-refractivity contribution >= 4 is 11.6 Å². The van der Waals surface area contributed by atoms with Crippen LogP contribution in [0.2, 0.25) is 0 Å². The van der Waals surface area contributed by atoms with E-state index in [0.29, 0.717) is 13.2 Å². The van der Waals surface area contributed by atoms with Crippen molar-refractivity contribution in [3.8, 4) is 0 Å². The van der Waals surface area contributed by atoms with Gasteiger partial charge >= 0.3 is 0 Å². The Morgan fingerprint density at radius 1 is 1.37 bits per heavy atom. The van der Waals surface area contributed by atoms with E-state index in [4.69, 9.17) is 4.74 Å². The molecule has 104 valence electrons. The van der Waals surface area contributed by atoms with E-state index in [0.717, 1.165) is 29.9 Å². The van der Waals surface area contributed by atoms with E-state index in [1.54, 1.807) is 0 Å². The molecule has 4 nitrogen and oxygen atoms in total. The van der Waals surface area contributed by atoms with Crippen LogP contribution in [0.1, 0.15) is 18.1 Å². The summed E-state index contributed by atoms with van der Waals surface area (Å²) in [5.74, 6) is 0.0408. The highest BCUT2D eigenvalue weighted by Crippen LogP contribution is 2.14. The van der Waals surface area contributed by atoms with E-state index in [-0.39, 0.29) is 12.0 Å². The van der Waals surface area contributed by atoms with Crippen LogP contribution in [-0.4, -0.2) is 43.2 Å². The van der Waals surface area contributed by atoms with Gasteiger partial charge in [0.1, 0.15) is 0 Å². The molecule has 1 amide bonds. The molecule has 0 saturated carbocycles. The number of rotatable bonds is 3. The Morgan fingerprint density at radius 2 is 2.05 bits per heavy atom. The molecule has 1 aliphatic rings. The molecule has 1 heterocycles. The summed E-state index contributed by atoms with van der Waals surface area (Å²) in [6.07, 6.45) is 0.211. The minimum Gasteiger partial charge on any atom is -0.376 e. The van der Waals surface area contributed by atoms with Crippen molar-refractivity contribution in [2.24, 2.45) is 0 Å². The molecule has 0 aromatic heterocycles. The minimum absolute atomic E-state index is 0.0408. The van der Waals surface area contributed by atoms with Gasteiger partial charge in [-0.25, -0.2) is 0 Å². The predicted octanol–water partition coefficient (Wildman–Crippen LogP) is 1.96. The smallest absolute Gasteiger partial charge is 0.238 e. The summed E-state index contributed by atoms with van der Waals surface area (Å²) in [5, 5.41) is 2.96. The molecular formula is C15H22N2O2. The van der Waals surface area contributed by atoms with Crippen LogP contribution in [0.5, 0.6) is 0 Å². The first kappa shape index (κ1) is 14.0. The second-order valence-electron chi connectivity index (χ2n) is 5.34. The standard InChI is InChI=1S/C15H22N2O2/c1-11-6-12(2)8-14(7-11)16-15(18)10-17-4-5-19-13(3)9-17/h6-8,13H,4-5,9-10H2,1-3H3,(H,16,18). The number of aryl methyl sites for hydroxylation is 2. The Morgan fingerprint density at radius 3 is 2.68 bits per heavy atom. The zero-order valence-corrected chi connectivity index (χ0v) is 11.9. The quantitative estimate of drug-likeness (QED) is 0.905. The number of anilines is 1. The number of hydrogen-bond donors (Lipinski definition) is 1. The first-order valence-corrected chi connectivity index (χ1v) is 6.75. The summed E-state index contributed by atoms with van der Waals surface area (Å²) in [4.78, 5) is 14.1. The van der Waals surface area contributed by atoms with Crippen LogP contribution in [0.3, 0.4) is 0 Å². The number of hydrogen-bond acceptors (Lipinski definition) is 3. The van der Waals surface area contributed by atoms with E-state index >= 15 is 0 Å². The molecule has 0 aliphatic carbocycles. The summed E-state index contributed by atoms with van der Waals surface area (Å²) < 4.78 is 5.47. The Kier molecular flexibility index (Phi) is 4.56. The molecule has 0 spiro atoms. The molecule has 1 N–H and O–H groups in total. The summed E-state index contributed by atoms with van der Waals surface area (Å²) >= 11 is 0. The summed E-state index contributed by atoms with van der Waals surface area (Å²) in [6.45, 7) is 8.89. The van der Waals surface area contributed by atoms with Crippen LogP contribution < -0.4 is 5.32 Å². The molecule has 0 radical (unpaired) electrons. The van der Waals surface area contributed by atoms with Gasteiger partial charge < -0.3 is 10.1 Å². The van der Waals surface area contributed by atoms with Gasteiger partial charge in [-0.2, -0.15) is 0 Å². The molecule has 19 heavy (non-hydrogen) atoms. The Bertz CT molecular complexity index is 439. The third-order valence-electron chi connectivity index (χ3n) is 3.20. The van der Waals surface area contributed by atoms with Gasteiger partial charge in [0.2, 0.25) is 5.91 Å². The molecule has 1 unspecified atom stereocenters. The number of morpholine rings is 1. The summed E-state index contributed by atoms with van der Waals surface area (Å²) in [6, 6.07) is 6.08. The number of carbonyl (C=O) groups excluding carboxylic acids is 1. The van der Waals surface area contributed by atoms with Gasteiger partial charge in [-0.15, -0.1) is 0 Å². The monoisotopic (exact) mass is 262 g/mol.